The largest absolute Gasteiger partial charge is 0.437 e. The third-order valence-electron chi connectivity index (χ3n) is 3.01. The van der Waals surface area contributed by atoms with Gasteiger partial charge in [-0.1, -0.05) is 57.3 Å². The van der Waals surface area contributed by atoms with E-state index in [1.807, 2.05) is 24.3 Å². The van der Waals surface area contributed by atoms with Crippen LogP contribution >= 0.6 is 39.1 Å². The molecule has 0 amide bonds. The van der Waals surface area contributed by atoms with Crippen LogP contribution in [0.2, 0.25) is 10.0 Å². The summed E-state index contributed by atoms with van der Waals surface area (Å²) in [5.74, 6) is 1.07. The van der Waals surface area contributed by atoms with Gasteiger partial charge in [0.2, 0.25) is 5.88 Å². The van der Waals surface area contributed by atoms with Crippen molar-refractivity contribution >= 4 is 50.0 Å². The molecule has 106 valence electrons. The molecule has 3 rings (SSSR count). The number of para-hydroxylation sites is 1. The lowest BCUT2D eigenvalue weighted by molar-refractivity contribution is 0.461. The minimum Gasteiger partial charge on any atom is -0.437 e. The van der Waals surface area contributed by atoms with E-state index in [4.69, 9.17) is 27.9 Å². The molecule has 0 saturated heterocycles. The maximum absolute atomic E-state index is 6.14. The lowest BCUT2D eigenvalue weighted by atomic mass is 10.2. The van der Waals surface area contributed by atoms with Crippen LogP contribution in [0.4, 0.5) is 0 Å². The number of pyridine rings is 1. The van der Waals surface area contributed by atoms with Gasteiger partial charge in [0.1, 0.15) is 5.75 Å². The summed E-state index contributed by atoms with van der Waals surface area (Å²) in [6, 6.07) is 15.1. The Morgan fingerprint density at radius 3 is 2.62 bits per heavy atom. The number of rotatable bonds is 3. The van der Waals surface area contributed by atoms with E-state index in [2.05, 4.69) is 27.0 Å². The molecule has 0 saturated carbocycles. The van der Waals surface area contributed by atoms with Crippen LogP contribution in [0.25, 0.3) is 10.9 Å². The van der Waals surface area contributed by atoms with Gasteiger partial charge in [0.05, 0.1) is 10.5 Å². The molecule has 1 heterocycles. The monoisotopic (exact) mass is 381 g/mol. The molecule has 21 heavy (non-hydrogen) atoms. The van der Waals surface area contributed by atoms with Crippen molar-refractivity contribution in [1.29, 1.82) is 0 Å². The molecule has 5 heteroatoms. The highest BCUT2D eigenvalue weighted by molar-refractivity contribution is 9.08. The SMILES string of the molecule is Clc1ccc(Oc2nc3ccccc3cc2CBr)c(Cl)c1. The maximum Gasteiger partial charge on any atom is 0.223 e. The van der Waals surface area contributed by atoms with Crippen molar-refractivity contribution in [2.75, 3.05) is 0 Å². The summed E-state index contributed by atoms with van der Waals surface area (Å²) in [5, 5.41) is 2.74. The van der Waals surface area contributed by atoms with Gasteiger partial charge in [-0.3, -0.25) is 0 Å². The fourth-order valence-corrected chi connectivity index (χ4v) is 2.84. The molecule has 0 unspecified atom stereocenters. The third-order valence-corrected chi connectivity index (χ3v) is 4.14. The standard InChI is InChI=1S/C16H10BrCl2NO/c17-9-11-7-10-3-1-2-4-14(10)20-16(11)21-15-6-5-12(18)8-13(15)19/h1-8H,9H2. The Bertz CT molecular complexity index is 807. The highest BCUT2D eigenvalue weighted by Gasteiger charge is 2.11. The van der Waals surface area contributed by atoms with E-state index in [9.17, 15) is 0 Å². The summed E-state index contributed by atoms with van der Waals surface area (Å²) in [6.07, 6.45) is 0. The predicted molar refractivity (Wildman–Crippen MR) is 90.9 cm³/mol. The molecule has 0 spiro atoms. The Morgan fingerprint density at radius 2 is 1.86 bits per heavy atom. The highest BCUT2D eigenvalue weighted by Crippen LogP contribution is 2.33. The van der Waals surface area contributed by atoms with Gasteiger partial charge in [0.15, 0.2) is 0 Å². The summed E-state index contributed by atoms with van der Waals surface area (Å²) < 4.78 is 5.86. The normalized spacial score (nSPS) is 10.8. The van der Waals surface area contributed by atoms with Crippen LogP contribution in [0.15, 0.2) is 48.5 Å². The van der Waals surface area contributed by atoms with E-state index in [-0.39, 0.29) is 0 Å². The minimum absolute atomic E-state index is 0.456. The second-order valence-corrected chi connectivity index (χ2v) is 5.86. The van der Waals surface area contributed by atoms with Crippen LogP contribution in [-0.2, 0) is 5.33 Å². The number of aromatic nitrogens is 1. The van der Waals surface area contributed by atoms with Crippen LogP contribution in [0.1, 0.15) is 5.56 Å². The molecular weight excluding hydrogens is 373 g/mol. The van der Waals surface area contributed by atoms with Gasteiger partial charge in [-0.05, 0) is 30.3 Å². The second kappa shape index (κ2) is 6.22. The van der Waals surface area contributed by atoms with Crippen molar-refractivity contribution < 1.29 is 4.74 Å². The number of fused-ring (bicyclic) bond motifs is 1. The molecular formula is C16H10BrCl2NO. The zero-order valence-electron chi connectivity index (χ0n) is 10.8. The number of benzene rings is 2. The quantitative estimate of drug-likeness (QED) is 0.501. The Kier molecular flexibility index (Phi) is 4.34. The number of hydrogen-bond acceptors (Lipinski definition) is 2. The fraction of sp³-hybridized carbons (Fsp3) is 0.0625. The third kappa shape index (κ3) is 3.15. The van der Waals surface area contributed by atoms with E-state index < -0.39 is 0 Å². The first kappa shape index (κ1) is 14.6. The van der Waals surface area contributed by atoms with Gasteiger partial charge in [-0.2, -0.15) is 0 Å². The van der Waals surface area contributed by atoms with Crippen molar-refractivity contribution in [3.8, 4) is 11.6 Å². The Labute approximate surface area is 140 Å². The number of ether oxygens (including phenoxy) is 1. The molecule has 2 aromatic carbocycles. The average Bonchev–Trinajstić information content (AvgIpc) is 2.49. The number of hydrogen-bond donors (Lipinski definition) is 0. The first-order valence-corrected chi connectivity index (χ1v) is 8.12. The molecule has 3 aromatic rings. The molecule has 0 aliphatic carbocycles. The molecule has 0 radical (unpaired) electrons. The molecule has 0 aliphatic rings. The molecule has 2 nitrogen and oxygen atoms in total. The molecule has 0 fully saturated rings. The van der Waals surface area contributed by atoms with Gasteiger partial charge in [-0.15, -0.1) is 0 Å². The van der Waals surface area contributed by atoms with E-state index in [0.29, 0.717) is 27.0 Å². The van der Waals surface area contributed by atoms with E-state index in [0.717, 1.165) is 16.5 Å². The molecule has 0 N–H and O–H groups in total. The summed E-state index contributed by atoms with van der Waals surface area (Å²) in [5.41, 5.74) is 1.84. The number of halogens is 3. The second-order valence-electron chi connectivity index (χ2n) is 4.46. The fourth-order valence-electron chi connectivity index (χ4n) is 1.99. The van der Waals surface area contributed by atoms with Gasteiger partial charge < -0.3 is 4.74 Å². The number of nitrogens with zero attached hydrogens (tertiary/aromatic N) is 1. The van der Waals surface area contributed by atoms with Crippen molar-refractivity contribution in [1.82, 2.24) is 4.98 Å². The van der Waals surface area contributed by atoms with Crippen molar-refractivity contribution in [3.63, 3.8) is 0 Å². The van der Waals surface area contributed by atoms with Gasteiger partial charge in [-0.25, -0.2) is 4.98 Å². The smallest absolute Gasteiger partial charge is 0.223 e. The molecule has 0 aliphatic heterocycles. The topological polar surface area (TPSA) is 22.1 Å². The maximum atomic E-state index is 6.14. The van der Waals surface area contributed by atoms with Crippen molar-refractivity contribution in [2.45, 2.75) is 5.33 Å². The predicted octanol–water partition coefficient (Wildman–Crippen LogP) is 6.23. The summed E-state index contributed by atoms with van der Waals surface area (Å²) in [7, 11) is 0. The molecule has 0 atom stereocenters. The summed E-state index contributed by atoms with van der Waals surface area (Å²) in [6.45, 7) is 0. The average molecular weight is 383 g/mol. The lowest BCUT2D eigenvalue weighted by Crippen LogP contribution is -1.94. The van der Waals surface area contributed by atoms with Gasteiger partial charge in [0.25, 0.3) is 0 Å². The van der Waals surface area contributed by atoms with Crippen LogP contribution in [0.5, 0.6) is 11.6 Å². The first-order chi connectivity index (χ1) is 10.2. The summed E-state index contributed by atoms with van der Waals surface area (Å²) >= 11 is 15.5. The Morgan fingerprint density at radius 1 is 1.05 bits per heavy atom. The van der Waals surface area contributed by atoms with Crippen LogP contribution in [0.3, 0.4) is 0 Å². The van der Waals surface area contributed by atoms with Crippen molar-refractivity contribution in [3.05, 3.63) is 64.1 Å². The lowest BCUT2D eigenvalue weighted by Gasteiger charge is -2.11. The van der Waals surface area contributed by atoms with Crippen molar-refractivity contribution in [2.24, 2.45) is 0 Å². The summed E-state index contributed by atoms with van der Waals surface area (Å²) in [4.78, 5) is 4.56. The Balaban J connectivity index is 2.06. The highest BCUT2D eigenvalue weighted by atomic mass is 79.9. The van der Waals surface area contributed by atoms with E-state index in [1.165, 1.54) is 0 Å². The molecule has 1 aromatic heterocycles. The number of alkyl halides is 1. The van der Waals surface area contributed by atoms with Crippen LogP contribution < -0.4 is 4.74 Å². The van der Waals surface area contributed by atoms with E-state index in [1.54, 1.807) is 18.2 Å². The van der Waals surface area contributed by atoms with Gasteiger partial charge in [0, 0.05) is 21.3 Å². The zero-order valence-corrected chi connectivity index (χ0v) is 13.9. The molecule has 0 bridgehead atoms. The first-order valence-electron chi connectivity index (χ1n) is 6.25. The Hall–Kier alpha value is -1.29. The minimum atomic E-state index is 0.456. The van der Waals surface area contributed by atoms with Crippen LogP contribution in [-0.4, -0.2) is 4.98 Å². The van der Waals surface area contributed by atoms with Crippen LogP contribution in [0, 0.1) is 0 Å². The zero-order chi connectivity index (χ0) is 14.8. The van der Waals surface area contributed by atoms with E-state index >= 15 is 0 Å². The van der Waals surface area contributed by atoms with Gasteiger partial charge >= 0.3 is 0 Å².